The van der Waals surface area contributed by atoms with Gasteiger partial charge >= 0.3 is 0 Å². The molecule has 0 spiro atoms. The Hall–Kier alpha value is -3.49. The molecule has 1 aromatic carbocycles. The standard InChI is InChI=1S/C20H21N7O2/c1-25-17(6-8-22-25)20-23-19(24-29-20)14-4-5-16-15(12-14)21-13-27(16)11-7-18(28)26-9-2-3-10-26/h4-6,8,12-13H,2-3,7,9-11H2,1H3. The number of aryl methyl sites for hydroxylation is 2. The maximum atomic E-state index is 12.3. The first-order valence-corrected chi connectivity index (χ1v) is 9.74. The number of benzene rings is 1. The third-order valence-electron chi connectivity index (χ3n) is 5.37. The van der Waals surface area contributed by atoms with E-state index in [2.05, 4.69) is 20.2 Å². The molecule has 0 aliphatic carbocycles. The number of rotatable bonds is 5. The number of likely N-dealkylation sites (tertiary alicyclic amines) is 1. The Kier molecular flexibility index (Phi) is 4.34. The highest BCUT2D eigenvalue weighted by Crippen LogP contribution is 2.25. The van der Waals surface area contributed by atoms with Crippen molar-refractivity contribution in [3.63, 3.8) is 0 Å². The van der Waals surface area contributed by atoms with Crippen molar-refractivity contribution in [2.24, 2.45) is 7.05 Å². The lowest BCUT2D eigenvalue weighted by atomic mass is 10.2. The van der Waals surface area contributed by atoms with E-state index in [0.29, 0.717) is 24.7 Å². The van der Waals surface area contributed by atoms with E-state index in [9.17, 15) is 4.79 Å². The van der Waals surface area contributed by atoms with Crippen molar-refractivity contribution in [2.45, 2.75) is 25.8 Å². The molecule has 4 heterocycles. The number of amides is 1. The van der Waals surface area contributed by atoms with Gasteiger partial charge in [0, 0.05) is 44.9 Å². The summed E-state index contributed by atoms with van der Waals surface area (Å²) in [6.07, 6.45) is 6.18. The van der Waals surface area contributed by atoms with Crippen LogP contribution in [0.3, 0.4) is 0 Å². The SMILES string of the molecule is Cn1nccc1-c1nc(-c2ccc3c(c2)ncn3CCC(=O)N2CCCC2)no1. The maximum absolute atomic E-state index is 12.3. The lowest BCUT2D eigenvalue weighted by molar-refractivity contribution is -0.130. The number of aromatic nitrogens is 6. The minimum Gasteiger partial charge on any atom is -0.343 e. The van der Waals surface area contributed by atoms with Gasteiger partial charge in [-0.3, -0.25) is 9.48 Å². The second-order valence-corrected chi connectivity index (χ2v) is 7.24. The Labute approximate surface area is 166 Å². The van der Waals surface area contributed by atoms with Crippen LogP contribution < -0.4 is 0 Å². The highest BCUT2D eigenvalue weighted by molar-refractivity contribution is 5.81. The monoisotopic (exact) mass is 391 g/mol. The molecule has 1 fully saturated rings. The fourth-order valence-electron chi connectivity index (χ4n) is 3.75. The van der Waals surface area contributed by atoms with Gasteiger partial charge < -0.3 is 14.0 Å². The molecule has 1 aliphatic heterocycles. The van der Waals surface area contributed by atoms with Crippen molar-refractivity contribution >= 4 is 16.9 Å². The Bertz CT molecular complexity index is 1170. The maximum Gasteiger partial charge on any atom is 0.276 e. The fraction of sp³-hybridized carbons (Fsp3) is 0.350. The number of carbonyl (C=O) groups excluding carboxylic acids is 1. The average Bonchev–Trinajstić information content (AvgIpc) is 3.52. The molecule has 0 saturated carbocycles. The molecule has 148 valence electrons. The minimum atomic E-state index is 0.218. The molecular formula is C20H21N7O2. The largest absolute Gasteiger partial charge is 0.343 e. The molecule has 29 heavy (non-hydrogen) atoms. The van der Waals surface area contributed by atoms with Crippen LogP contribution in [0.2, 0.25) is 0 Å². The first-order chi connectivity index (χ1) is 14.2. The summed E-state index contributed by atoms with van der Waals surface area (Å²) in [4.78, 5) is 23.2. The van der Waals surface area contributed by atoms with E-state index in [1.165, 1.54) is 0 Å². The molecule has 1 amide bonds. The molecule has 0 radical (unpaired) electrons. The Morgan fingerprint density at radius 2 is 2.07 bits per heavy atom. The van der Waals surface area contributed by atoms with Gasteiger partial charge in [0.15, 0.2) is 0 Å². The average molecular weight is 391 g/mol. The summed E-state index contributed by atoms with van der Waals surface area (Å²) in [5.74, 6) is 1.14. The molecule has 9 heteroatoms. The van der Waals surface area contributed by atoms with Crippen LogP contribution in [0.15, 0.2) is 41.3 Å². The molecule has 0 atom stereocenters. The number of fused-ring (bicyclic) bond motifs is 1. The van der Waals surface area contributed by atoms with Crippen molar-refractivity contribution in [1.82, 2.24) is 34.4 Å². The molecule has 0 unspecified atom stereocenters. The summed E-state index contributed by atoms with van der Waals surface area (Å²) in [5.41, 5.74) is 3.41. The molecule has 3 aromatic heterocycles. The number of nitrogens with zero attached hydrogens (tertiary/aromatic N) is 7. The number of hydrogen-bond acceptors (Lipinski definition) is 6. The van der Waals surface area contributed by atoms with Crippen LogP contribution in [0.5, 0.6) is 0 Å². The van der Waals surface area contributed by atoms with Crippen molar-refractivity contribution < 1.29 is 9.32 Å². The van der Waals surface area contributed by atoms with E-state index in [0.717, 1.165) is 48.2 Å². The molecule has 0 bridgehead atoms. The third-order valence-corrected chi connectivity index (χ3v) is 5.37. The summed E-state index contributed by atoms with van der Waals surface area (Å²) in [6, 6.07) is 7.69. The molecule has 1 saturated heterocycles. The van der Waals surface area contributed by atoms with Crippen molar-refractivity contribution in [2.75, 3.05) is 13.1 Å². The molecule has 5 rings (SSSR count). The van der Waals surface area contributed by atoms with Gasteiger partial charge in [0.05, 0.1) is 17.4 Å². The van der Waals surface area contributed by atoms with Crippen molar-refractivity contribution in [1.29, 1.82) is 0 Å². The fourth-order valence-corrected chi connectivity index (χ4v) is 3.75. The van der Waals surface area contributed by atoms with Gasteiger partial charge in [-0.1, -0.05) is 5.16 Å². The molecular weight excluding hydrogens is 370 g/mol. The van der Waals surface area contributed by atoms with Gasteiger partial charge in [-0.2, -0.15) is 10.1 Å². The highest BCUT2D eigenvalue weighted by Gasteiger charge is 2.18. The lowest BCUT2D eigenvalue weighted by Crippen LogP contribution is -2.28. The summed E-state index contributed by atoms with van der Waals surface area (Å²) >= 11 is 0. The quantitative estimate of drug-likeness (QED) is 0.519. The van der Waals surface area contributed by atoms with Crippen molar-refractivity contribution in [3.8, 4) is 23.0 Å². The minimum absolute atomic E-state index is 0.218. The van der Waals surface area contributed by atoms with Crippen LogP contribution in [0.25, 0.3) is 34.0 Å². The normalized spacial score (nSPS) is 14.2. The van der Waals surface area contributed by atoms with E-state index in [-0.39, 0.29) is 5.91 Å². The smallest absolute Gasteiger partial charge is 0.276 e. The molecule has 4 aromatic rings. The summed E-state index contributed by atoms with van der Waals surface area (Å²) in [6.45, 7) is 2.40. The summed E-state index contributed by atoms with van der Waals surface area (Å²) in [5, 5.41) is 8.21. The zero-order chi connectivity index (χ0) is 19.8. The third kappa shape index (κ3) is 3.28. The zero-order valence-electron chi connectivity index (χ0n) is 16.2. The first kappa shape index (κ1) is 17.6. The van der Waals surface area contributed by atoms with Crippen LogP contribution in [0, 0.1) is 0 Å². The van der Waals surface area contributed by atoms with Crippen LogP contribution in [0.1, 0.15) is 19.3 Å². The van der Waals surface area contributed by atoms with E-state index in [1.807, 2.05) is 40.8 Å². The van der Waals surface area contributed by atoms with Crippen LogP contribution in [-0.4, -0.2) is 53.4 Å². The number of hydrogen-bond donors (Lipinski definition) is 0. The topological polar surface area (TPSA) is 94.9 Å². The van der Waals surface area contributed by atoms with Gasteiger partial charge in [0.2, 0.25) is 11.7 Å². The number of carbonyl (C=O) groups is 1. The first-order valence-electron chi connectivity index (χ1n) is 9.74. The summed E-state index contributed by atoms with van der Waals surface area (Å²) < 4.78 is 9.09. The second-order valence-electron chi connectivity index (χ2n) is 7.24. The second kappa shape index (κ2) is 7.16. The van der Waals surface area contributed by atoms with Gasteiger partial charge in [-0.05, 0) is 37.1 Å². The van der Waals surface area contributed by atoms with E-state index in [4.69, 9.17) is 4.52 Å². The van der Waals surface area contributed by atoms with E-state index < -0.39 is 0 Å². The van der Waals surface area contributed by atoms with E-state index >= 15 is 0 Å². The predicted octanol–water partition coefficient (Wildman–Crippen LogP) is 2.50. The molecule has 1 aliphatic rings. The zero-order valence-corrected chi connectivity index (χ0v) is 16.2. The van der Waals surface area contributed by atoms with Gasteiger partial charge in [-0.25, -0.2) is 4.98 Å². The van der Waals surface area contributed by atoms with Crippen LogP contribution in [0.4, 0.5) is 0 Å². The Morgan fingerprint density at radius 3 is 2.86 bits per heavy atom. The van der Waals surface area contributed by atoms with Crippen LogP contribution >= 0.6 is 0 Å². The molecule has 0 N–H and O–H groups in total. The highest BCUT2D eigenvalue weighted by atomic mass is 16.5. The molecule has 9 nitrogen and oxygen atoms in total. The Balaban J connectivity index is 1.34. The van der Waals surface area contributed by atoms with Crippen LogP contribution in [-0.2, 0) is 18.4 Å². The predicted molar refractivity (Wildman–Crippen MR) is 106 cm³/mol. The van der Waals surface area contributed by atoms with E-state index in [1.54, 1.807) is 17.2 Å². The Morgan fingerprint density at radius 1 is 1.21 bits per heavy atom. The van der Waals surface area contributed by atoms with Crippen molar-refractivity contribution in [3.05, 3.63) is 36.8 Å². The van der Waals surface area contributed by atoms with Gasteiger partial charge in [-0.15, -0.1) is 0 Å². The number of imidazole rings is 1. The lowest BCUT2D eigenvalue weighted by Gasteiger charge is -2.15. The van der Waals surface area contributed by atoms with Gasteiger partial charge in [0.1, 0.15) is 5.69 Å². The van der Waals surface area contributed by atoms with Gasteiger partial charge in [0.25, 0.3) is 5.89 Å². The summed E-state index contributed by atoms with van der Waals surface area (Å²) in [7, 11) is 1.83.